The second-order valence-corrected chi connectivity index (χ2v) is 7.42. The molecule has 140 valence electrons. The van der Waals surface area contributed by atoms with Crippen LogP contribution in [-0.4, -0.2) is 14.8 Å². The van der Waals surface area contributed by atoms with Crippen LogP contribution in [0.1, 0.15) is 30.5 Å². The minimum atomic E-state index is -0.0733. The molecule has 4 heteroatoms. The number of aromatic nitrogens is 3. The summed E-state index contributed by atoms with van der Waals surface area (Å²) in [5.74, 6) is 2.24. The Morgan fingerprint density at radius 3 is 2.14 bits per heavy atom. The van der Waals surface area contributed by atoms with Crippen molar-refractivity contribution in [2.45, 2.75) is 26.2 Å². The molecule has 0 fully saturated rings. The minimum Gasteiger partial charge on any atom is -0.457 e. The average Bonchev–Trinajstić information content (AvgIpc) is 3.24. The van der Waals surface area contributed by atoms with Crippen LogP contribution in [0.15, 0.2) is 85.3 Å². The number of rotatable bonds is 5. The lowest BCUT2D eigenvalue weighted by molar-refractivity contribution is 0.480. The van der Waals surface area contributed by atoms with Crippen LogP contribution < -0.4 is 4.74 Å². The summed E-state index contributed by atoms with van der Waals surface area (Å²) in [5.41, 5.74) is 3.74. The van der Waals surface area contributed by atoms with Crippen molar-refractivity contribution >= 4 is 0 Å². The highest BCUT2D eigenvalue weighted by Crippen LogP contribution is 2.33. The Balaban J connectivity index is 1.54. The molecule has 2 aromatic carbocycles. The van der Waals surface area contributed by atoms with Gasteiger partial charge in [-0.1, -0.05) is 55.8 Å². The van der Waals surface area contributed by atoms with Crippen LogP contribution in [0.5, 0.6) is 11.5 Å². The summed E-state index contributed by atoms with van der Waals surface area (Å²) in [4.78, 5) is 4.33. The Bertz CT molecular complexity index is 1050. The monoisotopic (exact) mass is 369 g/mol. The van der Waals surface area contributed by atoms with Crippen molar-refractivity contribution in [2.75, 3.05) is 0 Å². The lowest BCUT2D eigenvalue weighted by Crippen LogP contribution is -2.18. The summed E-state index contributed by atoms with van der Waals surface area (Å²) in [6.07, 6.45) is 5.30. The van der Waals surface area contributed by atoms with Crippen molar-refractivity contribution in [3.63, 3.8) is 0 Å². The van der Waals surface area contributed by atoms with E-state index in [1.54, 1.807) is 17.1 Å². The molecular formula is C24H23N3O. The third-order valence-electron chi connectivity index (χ3n) is 5.04. The summed E-state index contributed by atoms with van der Waals surface area (Å²) in [6.45, 7) is 6.60. The standard InChI is InChI=1S/C24H23N3O/c1-18-5-7-19(8-6-18)24(2,3)20-9-11-21(12-10-20)28-22-13-15-25-23(17-22)27-16-4-14-26-27/h4-17H,1-3H3. The van der Waals surface area contributed by atoms with Crippen molar-refractivity contribution in [3.8, 4) is 17.3 Å². The largest absolute Gasteiger partial charge is 0.457 e. The van der Waals surface area contributed by atoms with E-state index in [0.29, 0.717) is 0 Å². The number of benzene rings is 2. The van der Waals surface area contributed by atoms with Gasteiger partial charge in [-0.2, -0.15) is 5.10 Å². The van der Waals surface area contributed by atoms with E-state index in [2.05, 4.69) is 67.3 Å². The van der Waals surface area contributed by atoms with Crippen LogP contribution in [0, 0.1) is 6.92 Å². The summed E-state index contributed by atoms with van der Waals surface area (Å²) in [7, 11) is 0. The van der Waals surface area contributed by atoms with Crippen LogP contribution in [0.2, 0.25) is 0 Å². The number of hydrogen-bond donors (Lipinski definition) is 0. The molecule has 2 aromatic heterocycles. The van der Waals surface area contributed by atoms with E-state index in [1.165, 1.54) is 16.7 Å². The topological polar surface area (TPSA) is 39.9 Å². The van der Waals surface area contributed by atoms with Crippen molar-refractivity contribution in [1.82, 2.24) is 14.8 Å². The van der Waals surface area contributed by atoms with E-state index < -0.39 is 0 Å². The number of aryl methyl sites for hydroxylation is 1. The van der Waals surface area contributed by atoms with E-state index >= 15 is 0 Å². The van der Waals surface area contributed by atoms with Gasteiger partial charge in [0, 0.05) is 30.1 Å². The highest BCUT2D eigenvalue weighted by Gasteiger charge is 2.22. The SMILES string of the molecule is Cc1ccc(C(C)(C)c2ccc(Oc3ccnc(-n4cccn4)c3)cc2)cc1. The molecule has 0 saturated heterocycles. The molecule has 0 saturated carbocycles. The molecular weight excluding hydrogens is 346 g/mol. The van der Waals surface area contributed by atoms with Gasteiger partial charge in [-0.15, -0.1) is 0 Å². The van der Waals surface area contributed by atoms with Gasteiger partial charge in [-0.3, -0.25) is 0 Å². The number of ether oxygens (including phenoxy) is 1. The first-order chi connectivity index (χ1) is 13.5. The third kappa shape index (κ3) is 3.67. The van der Waals surface area contributed by atoms with E-state index in [4.69, 9.17) is 4.74 Å². The van der Waals surface area contributed by atoms with Gasteiger partial charge in [0.05, 0.1) is 0 Å². The first-order valence-corrected chi connectivity index (χ1v) is 9.34. The van der Waals surface area contributed by atoms with Crippen LogP contribution in [0.4, 0.5) is 0 Å². The van der Waals surface area contributed by atoms with E-state index in [0.717, 1.165) is 17.3 Å². The molecule has 0 N–H and O–H groups in total. The van der Waals surface area contributed by atoms with Gasteiger partial charge in [-0.25, -0.2) is 9.67 Å². The fraction of sp³-hybridized carbons (Fsp3) is 0.167. The average molecular weight is 369 g/mol. The molecule has 4 nitrogen and oxygen atoms in total. The summed E-state index contributed by atoms with van der Waals surface area (Å²) < 4.78 is 7.73. The second-order valence-electron chi connectivity index (χ2n) is 7.42. The molecule has 0 radical (unpaired) electrons. The molecule has 28 heavy (non-hydrogen) atoms. The zero-order valence-electron chi connectivity index (χ0n) is 16.3. The molecule has 0 aliphatic carbocycles. The molecule has 0 bridgehead atoms. The normalized spacial score (nSPS) is 11.4. The quantitative estimate of drug-likeness (QED) is 0.453. The maximum atomic E-state index is 6.03. The summed E-state index contributed by atoms with van der Waals surface area (Å²) in [5, 5.41) is 4.21. The fourth-order valence-electron chi connectivity index (χ4n) is 3.21. The molecule has 0 spiro atoms. The molecule has 0 unspecified atom stereocenters. The van der Waals surface area contributed by atoms with Gasteiger partial charge in [0.2, 0.25) is 0 Å². The maximum absolute atomic E-state index is 6.03. The van der Waals surface area contributed by atoms with Crippen molar-refractivity contribution in [3.05, 3.63) is 102 Å². The van der Waals surface area contributed by atoms with E-state index in [1.807, 2.05) is 36.5 Å². The Labute approximate surface area is 165 Å². The van der Waals surface area contributed by atoms with Crippen LogP contribution in [0.3, 0.4) is 0 Å². The Kier molecular flexibility index (Phi) is 4.70. The highest BCUT2D eigenvalue weighted by atomic mass is 16.5. The van der Waals surface area contributed by atoms with Gasteiger partial charge in [-0.05, 0) is 42.3 Å². The smallest absolute Gasteiger partial charge is 0.156 e. The van der Waals surface area contributed by atoms with Gasteiger partial charge in [0.15, 0.2) is 5.82 Å². The van der Waals surface area contributed by atoms with Crippen LogP contribution in [0.25, 0.3) is 5.82 Å². The predicted molar refractivity (Wildman–Crippen MR) is 111 cm³/mol. The minimum absolute atomic E-state index is 0.0733. The molecule has 0 aliphatic rings. The van der Waals surface area contributed by atoms with Gasteiger partial charge in [0.25, 0.3) is 0 Å². The Morgan fingerprint density at radius 1 is 0.821 bits per heavy atom. The van der Waals surface area contributed by atoms with Gasteiger partial charge < -0.3 is 4.74 Å². The molecule has 0 aliphatic heterocycles. The van der Waals surface area contributed by atoms with Gasteiger partial charge >= 0.3 is 0 Å². The molecule has 4 aromatic rings. The molecule has 0 atom stereocenters. The zero-order chi connectivity index (χ0) is 19.6. The number of hydrogen-bond acceptors (Lipinski definition) is 3. The van der Waals surface area contributed by atoms with Crippen LogP contribution >= 0.6 is 0 Å². The van der Waals surface area contributed by atoms with Gasteiger partial charge in [0.1, 0.15) is 11.5 Å². The maximum Gasteiger partial charge on any atom is 0.156 e. The zero-order valence-corrected chi connectivity index (χ0v) is 16.3. The molecule has 2 heterocycles. The van der Waals surface area contributed by atoms with Crippen molar-refractivity contribution in [2.24, 2.45) is 0 Å². The van der Waals surface area contributed by atoms with Crippen molar-refractivity contribution in [1.29, 1.82) is 0 Å². The lowest BCUT2D eigenvalue weighted by atomic mass is 9.78. The van der Waals surface area contributed by atoms with E-state index in [-0.39, 0.29) is 5.41 Å². The first-order valence-electron chi connectivity index (χ1n) is 9.34. The lowest BCUT2D eigenvalue weighted by Gasteiger charge is -2.26. The summed E-state index contributed by atoms with van der Waals surface area (Å²) in [6, 6.07) is 22.6. The molecule has 0 amide bonds. The van der Waals surface area contributed by atoms with E-state index in [9.17, 15) is 0 Å². The second kappa shape index (κ2) is 7.31. The van der Waals surface area contributed by atoms with Crippen LogP contribution in [-0.2, 0) is 5.41 Å². The molecule has 4 rings (SSSR count). The first kappa shape index (κ1) is 18.0. The number of pyridine rings is 1. The Hall–Kier alpha value is -3.40. The predicted octanol–water partition coefficient (Wildman–Crippen LogP) is 5.69. The number of nitrogens with zero attached hydrogens (tertiary/aromatic N) is 3. The highest BCUT2D eigenvalue weighted by molar-refractivity contribution is 5.42. The third-order valence-corrected chi connectivity index (χ3v) is 5.04. The fourth-order valence-corrected chi connectivity index (χ4v) is 3.21. The van der Waals surface area contributed by atoms with Crippen molar-refractivity contribution < 1.29 is 4.74 Å². The summed E-state index contributed by atoms with van der Waals surface area (Å²) >= 11 is 0. The Morgan fingerprint density at radius 2 is 1.50 bits per heavy atom.